The van der Waals surface area contributed by atoms with E-state index in [-0.39, 0.29) is 0 Å². The summed E-state index contributed by atoms with van der Waals surface area (Å²) in [7, 11) is 1.87. The number of aryl methyl sites for hydroxylation is 1. The van der Waals surface area contributed by atoms with Crippen molar-refractivity contribution in [1.82, 2.24) is 24.3 Å². The van der Waals surface area contributed by atoms with Gasteiger partial charge in [-0.25, -0.2) is 18.7 Å². The van der Waals surface area contributed by atoms with E-state index in [1.165, 1.54) is 12.1 Å². The lowest BCUT2D eigenvalue weighted by molar-refractivity contribution is 0.585. The maximum atomic E-state index is 14.2. The zero-order valence-electron chi connectivity index (χ0n) is 15.4. The normalized spacial score (nSPS) is 11.3. The fraction of sp³-hybridized carbons (Fsp3) is 0.0455. The summed E-state index contributed by atoms with van der Waals surface area (Å²) in [4.78, 5) is 8.89. The molecule has 0 radical (unpaired) electrons. The van der Waals surface area contributed by atoms with Crippen molar-refractivity contribution in [2.24, 2.45) is 7.05 Å². The molecule has 0 unspecified atom stereocenters. The van der Waals surface area contributed by atoms with Gasteiger partial charge in [0.2, 0.25) is 0 Å². The van der Waals surface area contributed by atoms with Gasteiger partial charge in [0.15, 0.2) is 0 Å². The lowest BCUT2D eigenvalue weighted by Gasteiger charge is -2.08. The molecule has 5 rings (SSSR count). The molecule has 0 amide bonds. The monoisotopic (exact) mass is 387 g/mol. The molecule has 3 aromatic heterocycles. The third-order valence-electron chi connectivity index (χ3n) is 4.82. The van der Waals surface area contributed by atoms with Crippen LogP contribution in [0.25, 0.3) is 39.1 Å². The summed E-state index contributed by atoms with van der Waals surface area (Å²) < 4.78 is 31.0. The van der Waals surface area contributed by atoms with Crippen LogP contribution in [0.2, 0.25) is 0 Å². The van der Waals surface area contributed by atoms with Gasteiger partial charge in [-0.3, -0.25) is 9.25 Å². The molecule has 0 bridgehead atoms. The van der Waals surface area contributed by atoms with E-state index < -0.39 is 11.6 Å². The van der Waals surface area contributed by atoms with Crippen LogP contribution in [-0.4, -0.2) is 24.3 Å². The van der Waals surface area contributed by atoms with Gasteiger partial charge in [-0.15, -0.1) is 0 Å². The molecule has 0 atom stereocenters. The number of fused-ring (bicyclic) bond motifs is 1. The predicted octanol–water partition coefficient (Wildman–Crippen LogP) is 4.77. The number of nitrogens with zero attached hydrogens (tertiary/aromatic N) is 5. The molecule has 142 valence electrons. The molecule has 3 heterocycles. The van der Waals surface area contributed by atoms with Gasteiger partial charge < -0.3 is 0 Å². The Morgan fingerprint density at radius 1 is 0.862 bits per heavy atom. The van der Waals surface area contributed by atoms with Gasteiger partial charge in [0.05, 0.1) is 17.2 Å². The second-order valence-corrected chi connectivity index (χ2v) is 6.75. The fourth-order valence-electron chi connectivity index (χ4n) is 3.39. The van der Waals surface area contributed by atoms with Crippen LogP contribution in [0.5, 0.6) is 0 Å². The van der Waals surface area contributed by atoms with E-state index in [9.17, 15) is 8.78 Å². The first kappa shape index (κ1) is 17.2. The molecule has 5 nitrogen and oxygen atoms in total. The molecule has 0 saturated heterocycles. The molecule has 0 aliphatic carbocycles. The second-order valence-electron chi connectivity index (χ2n) is 6.75. The summed E-state index contributed by atoms with van der Waals surface area (Å²) in [5, 5.41) is 4.20. The highest BCUT2D eigenvalue weighted by Gasteiger charge is 2.11. The lowest BCUT2D eigenvalue weighted by atomic mass is 10.1. The number of pyridine rings is 1. The van der Waals surface area contributed by atoms with Crippen LogP contribution in [0.15, 0.2) is 73.4 Å². The minimum Gasteiger partial charge on any atom is -0.283 e. The lowest BCUT2D eigenvalue weighted by Crippen LogP contribution is -1.96. The van der Waals surface area contributed by atoms with Gasteiger partial charge in [-0.1, -0.05) is 6.07 Å². The molecule has 7 heteroatoms. The summed E-state index contributed by atoms with van der Waals surface area (Å²) >= 11 is 0. The smallest absolute Gasteiger partial charge is 0.138 e. The van der Waals surface area contributed by atoms with Crippen molar-refractivity contribution in [2.75, 3.05) is 0 Å². The highest BCUT2D eigenvalue weighted by Crippen LogP contribution is 2.27. The van der Waals surface area contributed by atoms with Gasteiger partial charge in [0.25, 0.3) is 0 Å². The molecule has 0 spiro atoms. The minimum atomic E-state index is -0.612. The fourth-order valence-corrected chi connectivity index (χ4v) is 3.39. The maximum Gasteiger partial charge on any atom is 0.138 e. The summed E-state index contributed by atoms with van der Waals surface area (Å²) in [6, 6.07) is 13.0. The van der Waals surface area contributed by atoms with E-state index in [2.05, 4.69) is 15.1 Å². The highest BCUT2D eigenvalue weighted by atomic mass is 19.1. The SMILES string of the molecule is Cn1cc(-c2ccc3c(c2)ncn3-c2cc(-c3ccc(F)cc3F)ccn2)cn1. The van der Waals surface area contributed by atoms with Crippen LogP contribution in [0.1, 0.15) is 0 Å². The number of halogens is 2. The zero-order valence-corrected chi connectivity index (χ0v) is 15.4. The summed E-state index contributed by atoms with van der Waals surface area (Å²) in [6.45, 7) is 0. The first-order chi connectivity index (χ1) is 14.1. The molecular formula is C22H15F2N5. The van der Waals surface area contributed by atoms with Gasteiger partial charge in [-0.2, -0.15) is 5.10 Å². The average Bonchev–Trinajstić information content (AvgIpc) is 3.34. The van der Waals surface area contributed by atoms with Gasteiger partial charge in [-0.05, 0) is 47.5 Å². The Morgan fingerprint density at radius 3 is 2.55 bits per heavy atom. The van der Waals surface area contributed by atoms with E-state index in [4.69, 9.17) is 0 Å². The molecule has 0 N–H and O–H groups in total. The first-order valence-corrected chi connectivity index (χ1v) is 8.96. The summed E-state index contributed by atoms with van der Waals surface area (Å²) in [6.07, 6.45) is 7.04. The Labute approximate surface area is 164 Å². The number of aromatic nitrogens is 5. The van der Waals surface area contributed by atoms with Crippen molar-refractivity contribution < 1.29 is 8.78 Å². The zero-order chi connectivity index (χ0) is 20.0. The number of hydrogen-bond donors (Lipinski definition) is 0. The second kappa shape index (κ2) is 6.63. The molecule has 2 aromatic carbocycles. The standard InChI is InChI=1S/C22H15F2N5/c1-28-12-16(11-27-28)14-2-5-21-20(8-14)26-13-29(21)22-9-15(6-7-25-22)18-4-3-17(23)10-19(18)24/h2-13H,1H3. The Kier molecular flexibility index (Phi) is 3.94. The van der Waals surface area contributed by atoms with E-state index >= 15 is 0 Å². The minimum absolute atomic E-state index is 0.318. The average molecular weight is 387 g/mol. The third-order valence-corrected chi connectivity index (χ3v) is 4.82. The molecule has 0 aliphatic heterocycles. The Hall–Kier alpha value is -3.87. The predicted molar refractivity (Wildman–Crippen MR) is 106 cm³/mol. The van der Waals surface area contributed by atoms with Crippen molar-refractivity contribution in [3.05, 3.63) is 85.1 Å². The van der Waals surface area contributed by atoms with Crippen molar-refractivity contribution in [3.8, 4) is 28.1 Å². The highest BCUT2D eigenvalue weighted by molar-refractivity contribution is 5.83. The summed E-state index contributed by atoms with van der Waals surface area (Å²) in [5.74, 6) is -0.618. The van der Waals surface area contributed by atoms with Gasteiger partial charge >= 0.3 is 0 Å². The Bertz CT molecular complexity index is 1350. The van der Waals surface area contributed by atoms with E-state index in [1.54, 1.807) is 35.5 Å². The van der Waals surface area contributed by atoms with Crippen LogP contribution in [0, 0.1) is 11.6 Å². The third kappa shape index (κ3) is 3.06. The van der Waals surface area contributed by atoms with Crippen LogP contribution >= 0.6 is 0 Å². The molecule has 0 aliphatic rings. The van der Waals surface area contributed by atoms with Crippen LogP contribution in [0.4, 0.5) is 8.78 Å². The molecule has 0 fully saturated rings. The number of imidazole rings is 1. The Morgan fingerprint density at radius 2 is 1.76 bits per heavy atom. The molecular weight excluding hydrogens is 372 g/mol. The van der Waals surface area contributed by atoms with Gasteiger partial charge in [0.1, 0.15) is 23.8 Å². The van der Waals surface area contributed by atoms with Crippen molar-refractivity contribution >= 4 is 11.0 Å². The topological polar surface area (TPSA) is 48.5 Å². The summed E-state index contributed by atoms with van der Waals surface area (Å²) in [5.41, 5.74) is 4.65. The van der Waals surface area contributed by atoms with Crippen LogP contribution in [-0.2, 0) is 7.05 Å². The van der Waals surface area contributed by atoms with Gasteiger partial charge in [0, 0.05) is 36.6 Å². The number of benzene rings is 2. The van der Waals surface area contributed by atoms with E-state index in [0.717, 1.165) is 28.2 Å². The van der Waals surface area contributed by atoms with Crippen molar-refractivity contribution in [2.45, 2.75) is 0 Å². The molecule has 0 saturated carbocycles. The number of hydrogen-bond acceptors (Lipinski definition) is 3. The van der Waals surface area contributed by atoms with Crippen LogP contribution < -0.4 is 0 Å². The maximum absolute atomic E-state index is 14.2. The van der Waals surface area contributed by atoms with E-state index in [1.807, 2.05) is 36.0 Å². The molecule has 29 heavy (non-hydrogen) atoms. The number of rotatable bonds is 3. The quantitative estimate of drug-likeness (QED) is 0.448. The van der Waals surface area contributed by atoms with Crippen LogP contribution in [0.3, 0.4) is 0 Å². The van der Waals surface area contributed by atoms with Crippen molar-refractivity contribution in [1.29, 1.82) is 0 Å². The molecule has 5 aromatic rings. The van der Waals surface area contributed by atoms with Crippen molar-refractivity contribution in [3.63, 3.8) is 0 Å². The first-order valence-electron chi connectivity index (χ1n) is 8.96. The largest absolute Gasteiger partial charge is 0.283 e. The van der Waals surface area contributed by atoms with E-state index in [0.29, 0.717) is 16.9 Å². The Balaban J connectivity index is 1.57.